The van der Waals surface area contributed by atoms with Crippen LogP contribution in [-0.2, 0) is 11.2 Å². The van der Waals surface area contributed by atoms with Crippen molar-refractivity contribution in [2.75, 3.05) is 7.11 Å². The number of hydrogen-bond donors (Lipinski definition) is 1. The largest absolute Gasteiger partial charge is 0.496 e. The molecule has 1 atom stereocenters. The molecule has 0 heterocycles. The van der Waals surface area contributed by atoms with Gasteiger partial charge in [-0.1, -0.05) is 19.9 Å². The van der Waals surface area contributed by atoms with Crippen LogP contribution in [-0.4, -0.2) is 18.2 Å². The maximum atomic E-state index is 11.2. The number of rotatable bonds is 5. The Morgan fingerprint density at radius 1 is 1.28 bits per heavy atom. The SMILES string of the molecule is COc1cc(C)c(CC(C(=O)O)C(C)C)cc1C. The molecule has 3 heteroatoms. The number of hydrogen-bond acceptors (Lipinski definition) is 2. The number of carbonyl (C=O) groups is 1. The van der Waals surface area contributed by atoms with E-state index in [-0.39, 0.29) is 11.8 Å². The number of aliphatic carboxylic acids is 1. The Morgan fingerprint density at radius 2 is 1.89 bits per heavy atom. The van der Waals surface area contributed by atoms with Crippen LogP contribution in [0, 0.1) is 25.7 Å². The second kappa shape index (κ2) is 5.89. The molecule has 3 nitrogen and oxygen atoms in total. The molecule has 1 unspecified atom stereocenters. The lowest BCUT2D eigenvalue weighted by atomic mass is 9.87. The average Bonchev–Trinajstić information content (AvgIpc) is 2.28. The fourth-order valence-electron chi connectivity index (χ4n) is 2.13. The molecule has 18 heavy (non-hydrogen) atoms. The number of carboxylic acid groups (broad SMARTS) is 1. The summed E-state index contributed by atoms with van der Waals surface area (Å²) in [6.45, 7) is 7.87. The summed E-state index contributed by atoms with van der Waals surface area (Å²) in [5.41, 5.74) is 3.23. The first kappa shape index (κ1) is 14.6. The zero-order valence-corrected chi connectivity index (χ0v) is 11.8. The van der Waals surface area contributed by atoms with Gasteiger partial charge >= 0.3 is 5.97 Å². The molecular weight excluding hydrogens is 228 g/mol. The van der Waals surface area contributed by atoms with Gasteiger partial charge in [-0.25, -0.2) is 0 Å². The first-order chi connectivity index (χ1) is 8.36. The molecule has 0 aromatic heterocycles. The first-order valence-corrected chi connectivity index (χ1v) is 6.23. The molecule has 1 aromatic carbocycles. The summed E-state index contributed by atoms with van der Waals surface area (Å²) in [7, 11) is 1.65. The predicted molar refractivity (Wildman–Crippen MR) is 72.1 cm³/mol. The van der Waals surface area contributed by atoms with Crippen molar-refractivity contribution in [1.29, 1.82) is 0 Å². The van der Waals surface area contributed by atoms with Crippen LogP contribution in [0.15, 0.2) is 12.1 Å². The minimum Gasteiger partial charge on any atom is -0.496 e. The van der Waals surface area contributed by atoms with E-state index in [4.69, 9.17) is 4.74 Å². The van der Waals surface area contributed by atoms with E-state index in [9.17, 15) is 9.90 Å². The third kappa shape index (κ3) is 3.25. The van der Waals surface area contributed by atoms with Crippen molar-refractivity contribution in [3.63, 3.8) is 0 Å². The Labute approximate surface area is 109 Å². The summed E-state index contributed by atoms with van der Waals surface area (Å²) < 4.78 is 5.26. The number of ether oxygens (including phenoxy) is 1. The molecule has 0 spiro atoms. The van der Waals surface area contributed by atoms with Gasteiger partial charge in [-0.2, -0.15) is 0 Å². The molecule has 1 rings (SSSR count). The normalized spacial score (nSPS) is 12.6. The Hall–Kier alpha value is -1.51. The standard InChI is InChI=1S/C15H22O3/c1-9(2)13(15(16)17)8-12-6-11(4)14(18-5)7-10(12)3/h6-7,9,13H,8H2,1-5H3,(H,16,17). The summed E-state index contributed by atoms with van der Waals surface area (Å²) in [6, 6.07) is 4.01. The minimum absolute atomic E-state index is 0.129. The molecule has 0 aliphatic rings. The molecule has 0 saturated carbocycles. The second-order valence-corrected chi connectivity index (χ2v) is 5.14. The van der Waals surface area contributed by atoms with Crippen molar-refractivity contribution in [3.05, 3.63) is 28.8 Å². The molecule has 0 fully saturated rings. The third-order valence-electron chi connectivity index (χ3n) is 3.42. The highest BCUT2D eigenvalue weighted by atomic mass is 16.5. The van der Waals surface area contributed by atoms with Gasteiger partial charge in [0, 0.05) is 0 Å². The smallest absolute Gasteiger partial charge is 0.307 e. The molecule has 0 saturated heterocycles. The van der Waals surface area contributed by atoms with Crippen LogP contribution >= 0.6 is 0 Å². The molecule has 1 N–H and O–H groups in total. The van der Waals surface area contributed by atoms with E-state index < -0.39 is 5.97 Å². The van der Waals surface area contributed by atoms with Crippen molar-refractivity contribution in [2.45, 2.75) is 34.1 Å². The van der Waals surface area contributed by atoms with Gasteiger partial charge in [-0.15, -0.1) is 0 Å². The van der Waals surface area contributed by atoms with Crippen LogP contribution in [0.1, 0.15) is 30.5 Å². The van der Waals surface area contributed by atoms with E-state index in [0.717, 1.165) is 22.4 Å². The van der Waals surface area contributed by atoms with Crippen LogP contribution in [0.5, 0.6) is 5.75 Å². The number of carboxylic acids is 1. The zero-order chi connectivity index (χ0) is 13.9. The van der Waals surface area contributed by atoms with Gasteiger partial charge in [0.2, 0.25) is 0 Å². The number of methoxy groups -OCH3 is 1. The van der Waals surface area contributed by atoms with E-state index in [1.807, 2.05) is 39.8 Å². The van der Waals surface area contributed by atoms with Crippen LogP contribution in [0.3, 0.4) is 0 Å². The predicted octanol–water partition coefficient (Wildman–Crippen LogP) is 3.21. The highest BCUT2D eigenvalue weighted by Crippen LogP contribution is 2.26. The molecule has 0 radical (unpaired) electrons. The lowest BCUT2D eigenvalue weighted by molar-refractivity contribution is -0.143. The zero-order valence-electron chi connectivity index (χ0n) is 11.8. The van der Waals surface area contributed by atoms with Crippen molar-refractivity contribution in [2.24, 2.45) is 11.8 Å². The van der Waals surface area contributed by atoms with E-state index in [2.05, 4.69) is 0 Å². The van der Waals surface area contributed by atoms with Gasteiger partial charge in [0.05, 0.1) is 13.0 Å². The van der Waals surface area contributed by atoms with Gasteiger partial charge in [-0.05, 0) is 48.9 Å². The molecular formula is C15H22O3. The van der Waals surface area contributed by atoms with Crippen LogP contribution < -0.4 is 4.74 Å². The Morgan fingerprint density at radius 3 is 2.33 bits per heavy atom. The van der Waals surface area contributed by atoms with Crippen molar-refractivity contribution in [3.8, 4) is 5.75 Å². The lowest BCUT2D eigenvalue weighted by Crippen LogP contribution is -2.22. The van der Waals surface area contributed by atoms with Gasteiger partial charge in [0.15, 0.2) is 0 Å². The number of benzene rings is 1. The summed E-state index contributed by atoms with van der Waals surface area (Å²) in [5.74, 6) is -0.0775. The highest BCUT2D eigenvalue weighted by Gasteiger charge is 2.22. The van der Waals surface area contributed by atoms with E-state index in [0.29, 0.717) is 6.42 Å². The van der Waals surface area contributed by atoms with Crippen LogP contribution in [0.4, 0.5) is 0 Å². The van der Waals surface area contributed by atoms with Crippen molar-refractivity contribution < 1.29 is 14.6 Å². The van der Waals surface area contributed by atoms with E-state index >= 15 is 0 Å². The summed E-state index contributed by atoms with van der Waals surface area (Å²) >= 11 is 0. The maximum Gasteiger partial charge on any atom is 0.307 e. The molecule has 0 bridgehead atoms. The van der Waals surface area contributed by atoms with Gasteiger partial charge in [0.1, 0.15) is 5.75 Å². The quantitative estimate of drug-likeness (QED) is 0.872. The molecule has 100 valence electrons. The van der Waals surface area contributed by atoms with Gasteiger partial charge < -0.3 is 9.84 Å². The summed E-state index contributed by atoms with van der Waals surface area (Å²) in [6.07, 6.45) is 0.573. The molecule has 0 amide bonds. The fourth-order valence-corrected chi connectivity index (χ4v) is 2.13. The summed E-state index contributed by atoms with van der Waals surface area (Å²) in [5, 5.41) is 9.24. The molecule has 1 aromatic rings. The topological polar surface area (TPSA) is 46.5 Å². The monoisotopic (exact) mass is 250 g/mol. The Kier molecular flexibility index (Phi) is 4.76. The van der Waals surface area contributed by atoms with Gasteiger partial charge in [-0.3, -0.25) is 4.79 Å². The minimum atomic E-state index is -0.724. The first-order valence-electron chi connectivity index (χ1n) is 6.23. The van der Waals surface area contributed by atoms with E-state index in [1.54, 1.807) is 7.11 Å². The average molecular weight is 250 g/mol. The van der Waals surface area contributed by atoms with Crippen molar-refractivity contribution in [1.82, 2.24) is 0 Å². The fraction of sp³-hybridized carbons (Fsp3) is 0.533. The van der Waals surface area contributed by atoms with Crippen LogP contribution in [0.25, 0.3) is 0 Å². The van der Waals surface area contributed by atoms with Crippen LogP contribution in [0.2, 0.25) is 0 Å². The second-order valence-electron chi connectivity index (χ2n) is 5.14. The van der Waals surface area contributed by atoms with Crippen molar-refractivity contribution >= 4 is 5.97 Å². The van der Waals surface area contributed by atoms with Gasteiger partial charge in [0.25, 0.3) is 0 Å². The molecule has 0 aliphatic heterocycles. The number of aryl methyl sites for hydroxylation is 2. The molecule has 0 aliphatic carbocycles. The highest BCUT2D eigenvalue weighted by molar-refractivity contribution is 5.70. The maximum absolute atomic E-state index is 11.2. The lowest BCUT2D eigenvalue weighted by Gasteiger charge is -2.18. The summed E-state index contributed by atoms with van der Waals surface area (Å²) in [4.78, 5) is 11.2. The Balaban J connectivity index is 3.03. The Bertz CT molecular complexity index is 436. The van der Waals surface area contributed by atoms with E-state index in [1.165, 1.54) is 0 Å². The third-order valence-corrected chi connectivity index (χ3v) is 3.42.